The van der Waals surface area contributed by atoms with Gasteiger partial charge < -0.3 is 10.2 Å². The number of likely N-dealkylation sites (N-methyl/N-ethyl adjacent to an activating group) is 1. The first kappa shape index (κ1) is 17.5. The number of amides is 3. The lowest BCUT2D eigenvalue weighted by Gasteiger charge is -2.47. The molecule has 27 heavy (non-hydrogen) atoms. The fraction of sp³-hybridized carbons (Fsp3) is 0.211. The Labute approximate surface area is 159 Å². The maximum absolute atomic E-state index is 13.3. The Morgan fingerprint density at radius 2 is 1.96 bits per heavy atom. The maximum atomic E-state index is 13.3. The van der Waals surface area contributed by atoms with Crippen LogP contribution >= 0.6 is 11.6 Å². The number of rotatable bonds is 2. The lowest BCUT2D eigenvalue weighted by Crippen LogP contribution is -2.68. The van der Waals surface area contributed by atoms with Crippen LogP contribution in [0.4, 0.5) is 15.8 Å². The van der Waals surface area contributed by atoms with E-state index >= 15 is 0 Å². The van der Waals surface area contributed by atoms with Crippen LogP contribution in [-0.2, 0) is 9.59 Å². The van der Waals surface area contributed by atoms with Crippen LogP contribution in [0.15, 0.2) is 42.5 Å². The number of nitrogens with one attached hydrogen (secondary N) is 1. The molecule has 0 aromatic heterocycles. The van der Waals surface area contributed by atoms with Crippen LogP contribution < -0.4 is 10.2 Å². The molecule has 0 spiro atoms. The number of hydrogen-bond donors (Lipinski definition) is 1. The van der Waals surface area contributed by atoms with Crippen molar-refractivity contribution >= 4 is 40.7 Å². The summed E-state index contributed by atoms with van der Waals surface area (Å²) in [6, 6.07) is 10.3. The zero-order valence-electron chi connectivity index (χ0n) is 14.3. The van der Waals surface area contributed by atoms with E-state index in [0.29, 0.717) is 11.3 Å². The van der Waals surface area contributed by atoms with E-state index in [2.05, 4.69) is 5.32 Å². The molecule has 0 aliphatic carbocycles. The van der Waals surface area contributed by atoms with Crippen molar-refractivity contribution in [2.75, 3.05) is 17.3 Å². The highest BCUT2D eigenvalue weighted by Crippen LogP contribution is 2.44. The number of halogens is 2. The average molecular weight is 388 g/mol. The van der Waals surface area contributed by atoms with E-state index in [9.17, 15) is 18.8 Å². The van der Waals surface area contributed by atoms with Crippen molar-refractivity contribution < 1.29 is 18.8 Å². The van der Waals surface area contributed by atoms with Crippen LogP contribution in [0, 0.1) is 5.82 Å². The summed E-state index contributed by atoms with van der Waals surface area (Å²) in [7, 11) is 1.50. The van der Waals surface area contributed by atoms with Gasteiger partial charge in [0.15, 0.2) is 0 Å². The van der Waals surface area contributed by atoms with Crippen LogP contribution in [0.5, 0.6) is 0 Å². The molecule has 2 heterocycles. The molecule has 2 aromatic rings. The van der Waals surface area contributed by atoms with E-state index in [1.165, 1.54) is 29.0 Å². The Balaban J connectivity index is 1.81. The van der Waals surface area contributed by atoms with Crippen molar-refractivity contribution in [2.45, 2.75) is 18.5 Å². The number of anilines is 2. The number of nitrogens with zero attached hydrogens (tertiary/aromatic N) is 2. The molecule has 2 aliphatic rings. The molecule has 0 radical (unpaired) electrons. The Morgan fingerprint density at radius 3 is 2.70 bits per heavy atom. The third kappa shape index (κ3) is 2.42. The summed E-state index contributed by atoms with van der Waals surface area (Å²) < 4.78 is 13.3. The fourth-order valence-corrected chi connectivity index (χ4v) is 3.96. The summed E-state index contributed by atoms with van der Waals surface area (Å²) >= 11 is 6.01. The van der Waals surface area contributed by atoms with Gasteiger partial charge >= 0.3 is 0 Å². The molecule has 8 heteroatoms. The molecular formula is C19H15ClFN3O3. The highest BCUT2D eigenvalue weighted by molar-refractivity contribution is 6.34. The van der Waals surface area contributed by atoms with Gasteiger partial charge in [-0.25, -0.2) is 4.39 Å². The second-order valence-electron chi connectivity index (χ2n) is 6.51. The molecular weight excluding hydrogens is 373 g/mol. The molecule has 0 unspecified atom stereocenters. The Kier molecular flexibility index (Phi) is 3.92. The van der Waals surface area contributed by atoms with Gasteiger partial charge in [-0.2, -0.15) is 0 Å². The highest BCUT2D eigenvalue weighted by atomic mass is 35.5. The molecule has 1 fully saturated rings. The molecule has 0 bridgehead atoms. The third-order valence-corrected chi connectivity index (χ3v) is 5.40. The third-order valence-electron chi connectivity index (χ3n) is 5.08. The molecule has 138 valence electrons. The van der Waals surface area contributed by atoms with Crippen molar-refractivity contribution in [3.05, 3.63) is 58.9 Å². The number of benzene rings is 2. The van der Waals surface area contributed by atoms with E-state index in [0.717, 1.165) is 6.07 Å². The fourth-order valence-electron chi connectivity index (χ4n) is 3.74. The van der Waals surface area contributed by atoms with Gasteiger partial charge in [0.1, 0.15) is 5.82 Å². The molecule has 4 rings (SSSR count). The maximum Gasteiger partial charge on any atom is 0.271 e. The number of carbonyl (C=O) groups is 3. The summed E-state index contributed by atoms with van der Waals surface area (Å²) in [6.45, 7) is 0. The summed E-state index contributed by atoms with van der Waals surface area (Å²) in [6.07, 6.45) is 0.267. The number of carbonyl (C=O) groups excluding carboxylic acids is 3. The first-order chi connectivity index (χ1) is 12.9. The zero-order valence-corrected chi connectivity index (χ0v) is 15.1. The van der Waals surface area contributed by atoms with Gasteiger partial charge in [0.25, 0.3) is 11.8 Å². The van der Waals surface area contributed by atoms with E-state index in [1.807, 2.05) is 0 Å². The second kappa shape index (κ2) is 6.06. The van der Waals surface area contributed by atoms with Gasteiger partial charge in [0.05, 0.1) is 22.0 Å². The molecule has 3 amide bonds. The van der Waals surface area contributed by atoms with Gasteiger partial charge in [-0.3, -0.25) is 19.3 Å². The smallest absolute Gasteiger partial charge is 0.271 e. The summed E-state index contributed by atoms with van der Waals surface area (Å²) in [5.74, 6) is -1.71. The Morgan fingerprint density at radius 1 is 1.22 bits per heavy atom. The molecule has 0 saturated carbocycles. The molecule has 6 nitrogen and oxygen atoms in total. The Bertz CT molecular complexity index is 996. The lowest BCUT2D eigenvalue weighted by molar-refractivity contribution is -0.128. The summed E-state index contributed by atoms with van der Waals surface area (Å²) in [5, 5.41) is 2.67. The van der Waals surface area contributed by atoms with Crippen LogP contribution in [0.25, 0.3) is 0 Å². The molecule has 1 N–H and O–H groups in total. The number of hydrogen-bond acceptors (Lipinski definition) is 3. The highest BCUT2D eigenvalue weighted by Gasteiger charge is 2.59. The minimum absolute atomic E-state index is 0.0285. The lowest BCUT2D eigenvalue weighted by atomic mass is 9.96. The van der Waals surface area contributed by atoms with Crippen LogP contribution in [-0.4, -0.2) is 35.3 Å². The van der Waals surface area contributed by atoms with Gasteiger partial charge in [0.2, 0.25) is 11.6 Å². The predicted octanol–water partition coefficient (Wildman–Crippen LogP) is 3.03. The molecule has 2 aromatic carbocycles. The van der Waals surface area contributed by atoms with Gasteiger partial charge in [-0.05, 0) is 30.3 Å². The minimum Gasteiger partial charge on any atom is -0.321 e. The van der Waals surface area contributed by atoms with Crippen LogP contribution in [0.2, 0.25) is 5.02 Å². The van der Waals surface area contributed by atoms with Crippen molar-refractivity contribution in [1.82, 2.24) is 4.90 Å². The molecule has 2 aliphatic heterocycles. The number of fused-ring (bicyclic) bond motifs is 3. The summed E-state index contributed by atoms with van der Waals surface area (Å²) in [4.78, 5) is 41.4. The van der Waals surface area contributed by atoms with E-state index in [4.69, 9.17) is 11.6 Å². The first-order valence-electron chi connectivity index (χ1n) is 8.33. The topological polar surface area (TPSA) is 69.7 Å². The van der Waals surface area contributed by atoms with Crippen molar-refractivity contribution in [1.29, 1.82) is 0 Å². The summed E-state index contributed by atoms with van der Waals surface area (Å²) in [5.41, 5.74) is -0.529. The van der Waals surface area contributed by atoms with Gasteiger partial charge in [-0.15, -0.1) is 0 Å². The van der Waals surface area contributed by atoms with Gasteiger partial charge in [0, 0.05) is 19.9 Å². The quantitative estimate of drug-likeness (QED) is 0.861. The van der Waals surface area contributed by atoms with E-state index < -0.39 is 17.4 Å². The largest absolute Gasteiger partial charge is 0.321 e. The first-order valence-corrected chi connectivity index (χ1v) is 8.71. The van der Waals surface area contributed by atoms with E-state index in [1.54, 1.807) is 24.3 Å². The van der Waals surface area contributed by atoms with Crippen LogP contribution in [0.3, 0.4) is 0 Å². The van der Waals surface area contributed by atoms with Crippen molar-refractivity contribution in [3.8, 4) is 0 Å². The van der Waals surface area contributed by atoms with Crippen molar-refractivity contribution in [3.63, 3.8) is 0 Å². The zero-order chi connectivity index (χ0) is 19.3. The van der Waals surface area contributed by atoms with Gasteiger partial charge in [-0.1, -0.05) is 23.7 Å². The number of para-hydroxylation sites is 1. The van der Waals surface area contributed by atoms with Crippen LogP contribution in [0.1, 0.15) is 23.2 Å². The molecule has 1 saturated heterocycles. The normalized spacial score (nSPS) is 21.1. The standard InChI is InChI=1S/C19H15ClFN3O3/c1-23-17(26)12-4-2-3-5-15(12)24-16(25)8-9-19(23,24)18(27)22-14-7-6-11(21)10-13(14)20/h2-7,10H,8-9H2,1H3,(H,22,27)/t19-/m1/s1. The monoisotopic (exact) mass is 387 g/mol. The minimum atomic E-state index is -1.50. The Hall–Kier alpha value is -2.93. The van der Waals surface area contributed by atoms with E-state index in [-0.39, 0.29) is 35.4 Å². The second-order valence-corrected chi connectivity index (χ2v) is 6.91. The average Bonchev–Trinajstić information content (AvgIpc) is 3.01. The molecule has 1 atom stereocenters. The SMILES string of the molecule is CN1C(=O)c2ccccc2N2C(=O)CC[C@@]12C(=O)Nc1ccc(F)cc1Cl. The predicted molar refractivity (Wildman–Crippen MR) is 98.0 cm³/mol. The van der Waals surface area contributed by atoms with Crippen molar-refractivity contribution in [2.24, 2.45) is 0 Å².